The number of piperidine rings is 1. The molecule has 1 N–H and O–H groups in total. The first-order valence-electron chi connectivity index (χ1n) is 7.25. The maximum absolute atomic E-state index is 12.6. The van der Waals surface area contributed by atoms with Crippen LogP contribution in [0.5, 0.6) is 0 Å². The van der Waals surface area contributed by atoms with Gasteiger partial charge in [0.05, 0.1) is 6.54 Å². The highest BCUT2D eigenvalue weighted by Gasteiger charge is 2.31. The van der Waals surface area contributed by atoms with Gasteiger partial charge in [0.2, 0.25) is 10.0 Å². The van der Waals surface area contributed by atoms with Crippen molar-refractivity contribution in [3.8, 4) is 0 Å². The molecule has 0 amide bonds. The third kappa shape index (κ3) is 3.24. The first-order chi connectivity index (χ1) is 9.45. The number of nitrogens with zero attached hydrogens (tertiary/aromatic N) is 1. The van der Waals surface area contributed by atoms with Crippen LogP contribution in [0, 0.1) is 12.8 Å². The van der Waals surface area contributed by atoms with Gasteiger partial charge in [0.15, 0.2) is 0 Å². The Balaban J connectivity index is 2.18. The molecule has 0 saturated carbocycles. The molecule has 0 bridgehead atoms. The Bertz CT molecular complexity index is 543. The molecule has 1 aromatic rings. The van der Waals surface area contributed by atoms with Crippen LogP contribution in [-0.2, 0) is 16.6 Å². The molecule has 1 saturated heterocycles. The highest BCUT2D eigenvalue weighted by atomic mass is 32.2. The zero-order chi connectivity index (χ0) is 14.8. The van der Waals surface area contributed by atoms with Gasteiger partial charge in [-0.3, -0.25) is 0 Å². The van der Waals surface area contributed by atoms with Crippen LogP contribution < -0.4 is 5.32 Å². The standard InChI is InChI=1S/C14H24N2O3S/c1-4-15-10-13-9-14(12(3)19-13)20(17,18)16-7-5-11(2)6-8-16/h9,11,15H,4-8,10H2,1-3H3. The Labute approximate surface area is 121 Å². The zero-order valence-electron chi connectivity index (χ0n) is 12.5. The van der Waals surface area contributed by atoms with Crippen LogP contribution in [-0.4, -0.2) is 32.4 Å². The van der Waals surface area contributed by atoms with Gasteiger partial charge in [0, 0.05) is 19.2 Å². The summed E-state index contributed by atoms with van der Waals surface area (Å²) in [5.41, 5.74) is 0. The van der Waals surface area contributed by atoms with E-state index < -0.39 is 10.0 Å². The van der Waals surface area contributed by atoms with E-state index >= 15 is 0 Å². The van der Waals surface area contributed by atoms with Crippen molar-refractivity contribution >= 4 is 10.0 Å². The third-order valence-corrected chi connectivity index (χ3v) is 5.84. The van der Waals surface area contributed by atoms with Crippen molar-refractivity contribution in [1.82, 2.24) is 9.62 Å². The van der Waals surface area contributed by atoms with Crippen LogP contribution in [0.1, 0.15) is 38.2 Å². The topological polar surface area (TPSA) is 62.6 Å². The molecule has 114 valence electrons. The van der Waals surface area contributed by atoms with E-state index in [1.807, 2.05) is 6.92 Å². The number of aryl methyl sites for hydroxylation is 1. The fraction of sp³-hybridized carbons (Fsp3) is 0.714. The molecule has 2 rings (SSSR count). The number of nitrogens with one attached hydrogen (secondary N) is 1. The van der Waals surface area contributed by atoms with Gasteiger partial charge in [-0.2, -0.15) is 4.31 Å². The molecule has 0 aliphatic carbocycles. The van der Waals surface area contributed by atoms with E-state index in [4.69, 9.17) is 4.42 Å². The summed E-state index contributed by atoms with van der Waals surface area (Å²) in [6.07, 6.45) is 1.86. The fourth-order valence-electron chi connectivity index (χ4n) is 2.48. The summed E-state index contributed by atoms with van der Waals surface area (Å²) in [6, 6.07) is 1.66. The molecule has 1 aromatic heterocycles. The van der Waals surface area contributed by atoms with Crippen LogP contribution in [0.3, 0.4) is 0 Å². The second-order valence-corrected chi connectivity index (χ2v) is 7.41. The van der Waals surface area contributed by atoms with Crippen molar-refractivity contribution in [2.24, 2.45) is 5.92 Å². The van der Waals surface area contributed by atoms with Crippen molar-refractivity contribution in [2.45, 2.75) is 45.1 Å². The lowest BCUT2D eigenvalue weighted by Crippen LogP contribution is -2.37. The van der Waals surface area contributed by atoms with Gasteiger partial charge in [0.1, 0.15) is 16.4 Å². The van der Waals surface area contributed by atoms with E-state index in [1.54, 1.807) is 17.3 Å². The Morgan fingerprint density at radius 2 is 2.05 bits per heavy atom. The molecule has 0 spiro atoms. The molecule has 2 heterocycles. The summed E-state index contributed by atoms with van der Waals surface area (Å²) < 4.78 is 32.4. The largest absolute Gasteiger partial charge is 0.464 e. The number of hydrogen-bond acceptors (Lipinski definition) is 4. The minimum atomic E-state index is -3.41. The number of rotatable bonds is 5. The molecule has 20 heavy (non-hydrogen) atoms. The van der Waals surface area contributed by atoms with Gasteiger partial charge in [0.25, 0.3) is 0 Å². The summed E-state index contributed by atoms with van der Waals surface area (Å²) >= 11 is 0. The van der Waals surface area contributed by atoms with E-state index in [0.29, 0.717) is 42.0 Å². The van der Waals surface area contributed by atoms with Crippen LogP contribution in [0.2, 0.25) is 0 Å². The Kier molecular flexibility index (Phi) is 4.88. The highest BCUT2D eigenvalue weighted by molar-refractivity contribution is 7.89. The van der Waals surface area contributed by atoms with Crippen LogP contribution >= 0.6 is 0 Å². The molecule has 1 fully saturated rings. The molecule has 6 heteroatoms. The number of furan rings is 1. The molecule has 0 unspecified atom stereocenters. The predicted molar refractivity (Wildman–Crippen MR) is 78.0 cm³/mol. The van der Waals surface area contributed by atoms with Crippen LogP contribution in [0.4, 0.5) is 0 Å². The smallest absolute Gasteiger partial charge is 0.246 e. The summed E-state index contributed by atoms with van der Waals surface area (Å²) in [6.45, 7) is 8.49. The van der Waals surface area contributed by atoms with Gasteiger partial charge < -0.3 is 9.73 Å². The maximum Gasteiger partial charge on any atom is 0.246 e. The SMILES string of the molecule is CCNCc1cc(S(=O)(=O)N2CCC(C)CC2)c(C)o1. The van der Waals surface area contributed by atoms with Gasteiger partial charge in [-0.1, -0.05) is 13.8 Å². The molecule has 5 nitrogen and oxygen atoms in total. The highest BCUT2D eigenvalue weighted by Crippen LogP contribution is 2.27. The van der Waals surface area contributed by atoms with E-state index in [9.17, 15) is 8.42 Å². The average Bonchev–Trinajstić information content (AvgIpc) is 2.79. The minimum Gasteiger partial charge on any atom is -0.464 e. The lowest BCUT2D eigenvalue weighted by molar-refractivity contribution is 0.287. The van der Waals surface area contributed by atoms with Crippen molar-refractivity contribution in [3.05, 3.63) is 17.6 Å². The minimum absolute atomic E-state index is 0.319. The Hall–Kier alpha value is -0.850. The second-order valence-electron chi connectivity index (χ2n) is 5.50. The van der Waals surface area contributed by atoms with E-state index in [2.05, 4.69) is 12.2 Å². The van der Waals surface area contributed by atoms with Gasteiger partial charge >= 0.3 is 0 Å². The predicted octanol–water partition coefficient (Wildman–Crippen LogP) is 2.12. The van der Waals surface area contributed by atoms with Crippen molar-refractivity contribution in [3.63, 3.8) is 0 Å². The lowest BCUT2D eigenvalue weighted by atomic mass is 10.0. The number of hydrogen-bond donors (Lipinski definition) is 1. The summed E-state index contributed by atoms with van der Waals surface area (Å²) in [7, 11) is -3.41. The lowest BCUT2D eigenvalue weighted by Gasteiger charge is -2.29. The van der Waals surface area contributed by atoms with Gasteiger partial charge in [-0.15, -0.1) is 0 Å². The molecule has 0 atom stereocenters. The van der Waals surface area contributed by atoms with Gasteiger partial charge in [-0.25, -0.2) is 8.42 Å². The summed E-state index contributed by atoms with van der Waals surface area (Å²) in [5.74, 6) is 1.76. The first-order valence-corrected chi connectivity index (χ1v) is 8.69. The molecular formula is C14H24N2O3S. The summed E-state index contributed by atoms with van der Waals surface area (Å²) in [5, 5.41) is 3.14. The molecule has 0 aromatic carbocycles. The zero-order valence-corrected chi connectivity index (χ0v) is 13.3. The molecule has 1 aliphatic heterocycles. The quantitative estimate of drug-likeness (QED) is 0.905. The van der Waals surface area contributed by atoms with E-state index in [1.165, 1.54) is 0 Å². The average molecular weight is 300 g/mol. The normalized spacial score (nSPS) is 18.6. The molecule has 1 aliphatic rings. The monoisotopic (exact) mass is 300 g/mol. The first kappa shape index (κ1) is 15.5. The molecule has 0 radical (unpaired) electrons. The van der Waals surface area contributed by atoms with Crippen molar-refractivity contribution < 1.29 is 12.8 Å². The van der Waals surface area contributed by atoms with E-state index in [0.717, 1.165) is 19.4 Å². The van der Waals surface area contributed by atoms with Crippen LogP contribution in [0.15, 0.2) is 15.4 Å². The summed E-state index contributed by atoms with van der Waals surface area (Å²) in [4.78, 5) is 0.319. The third-order valence-electron chi connectivity index (χ3n) is 3.83. The van der Waals surface area contributed by atoms with Gasteiger partial charge in [-0.05, 0) is 32.2 Å². The maximum atomic E-state index is 12.6. The molecular weight excluding hydrogens is 276 g/mol. The second kappa shape index (κ2) is 6.28. The fourth-order valence-corrected chi connectivity index (χ4v) is 4.14. The Morgan fingerprint density at radius 3 is 2.65 bits per heavy atom. The van der Waals surface area contributed by atoms with Crippen molar-refractivity contribution in [1.29, 1.82) is 0 Å². The van der Waals surface area contributed by atoms with Crippen LogP contribution in [0.25, 0.3) is 0 Å². The van der Waals surface area contributed by atoms with Crippen molar-refractivity contribution in [2.75, 3.05) is 19.6 Å². The number of sulfonamides is 1. The Morgan fingerprint density at radius 1 is 1.40 bits per heavy atom. The van der Waals surface area contributed by atoms with E-state index in [-0.39, 0.29) is 0 Å².